The van der Waals surface area contributed by atoms with Gasteiger partial charge < -0.3 is 36.1 Å². The van der Waals surface area contributed by atoms with E-state index in [1.165, 1.54) is 4.90 Å². The molecule has 5 amide bonds. The number of unbranched alkanes of at least 4 members (excludes halogenated alkanes) is 1. The largest absolute Gasteiger partial charge is 0.444 e. The minimum Gasteiger partial charge on any atom is -0.444 e. The fourth-order valence-electron chi connectivity index (χ4n) is 6.87. The lowest BCUT2D eigenvalue weighted by molar-refractivity contribution is -0.141. The standard InChI is InChI=1S/C41H60N6O7/c1-28(2)23-34(37(49)44-33(17-11-12-18-42)39(51)46-19-21-53-22-20-46)45-38(50)35(24-29-13-7-6-8-14-29)43-36(48)27-47(40(52)54-41(3,4)5)32-25-30-15-9-10-16-31(30)26-32/h6-10,13-16,28,32-35H,11-12,17-27,42H2,1-5H3,(H,43,48)(H,44,49)(H,45,50)/t33?,34-,35-/m1/s1. The molecule has 1 heterocycles. The van der Waals surface area contributed by atoms with Gasteiger partial charge >= 0.3 is 6.09 Å². The third-order valence-corrected chi connectivity index (χ3v) is 9.57. The van der Waals surface area contributed by atoms with Crippen molar-refractivity contribution in [1.29, 1.82) is 0 Å². The molecule has 0 bridgehead atoms. The van der Waals surface area contributed by atoms with Crippen LogP contribution in [-0.2, 0) is 47.9 Å². The first kappa shape index (κ1) is 42.3. The molecule has 5 N–H and O–H groups in total. The number of hydrogen-bond acceptors (Lipinski definition) is 8. The van der Waals surface area contributed by atoms with Gasteiger partial charge in [-0.1, -0.05) is 68.4 Å². The lowest BCUT2D eigenvalue weighted by atomic mass is 10.00. The van der Waals surface area contributed by atoms with Crippen LogP contribution in [0, 0.1) is 5.92 Å². The van der Waals surface area contributed by atoms with E-state index in [9.17, 15) is 24.0 Å². The Balaban J connectivity index is 1.53. The first-order valence-electron chi connectivity index (χ1n) is 19.3. The number of hydrogen-bond donors (Lipinski definition) is 4. The van der Waals surface area contributed by atoms with Crippen molar-refractivity contribution >= 4 is 29.7 Å². The number of nitrogens with zero attached hydrogens (tertiary/aromatic N) is 2. The van der Waals surface area contributed by atoms with Crippen LogP contribution in [0.3, 0.4) is 0 Å². The molecular weight excluding hydrogens is 688 g/mol. The summed E-state index contributed by atoms with van der Waals surface area (Å²) in [5, 5.41) is 8.72. The van der Waals surface area contributed by atoms with Crippen molar-refractivity contribution in [2.75, 3.05) is 39.4 Å². The van der Waals surface area contributed by atoms with Crippen LogP contribution in [-0.4, -0.2) is 109 Å². The van der Waals surface area contributed by atoms with Gasteiger partial charge in [0.15, 0.2) is 0 Å². The molecule has 3 atom stereocenters. The smallest absolute Gasteiger partial charge is 0.411 e. The highest BCUT2D eigenvalue weighted by molar-refractivity contribution is 5.95. The van der Waals surface area contributed by atoms with Crippen molar-refractivity contribution in [1.82, 2.24) is 25.8 Å². The van der Waals surface area contributed by atoms with Crippen LogP contribution in [0.5, 0.6) is 0 Å². The van der Waals surface area contributed by atoms with Crippen molar-refractivity contribution < 1.29 is 33.4 Å². The first-order valence-corrected chi connectivity index (χ1v) is 19.3. The number of benzene rings is 2. The normalized spacial score (nSPS) is 16.2. The summed E-state index contributed by atoms with van der Waals surface area (Å²) in [5.74, 6) is -1.73. The Hall–Kier alpha value is -4.49. The zero-order valence-corrected chi connectivity index (χ0v) is 32.6. The lowest BCUT2D eigenvalue weighted by Crippen LogP contribution is -2.59. The summed E-state index contributed by atoms with van der Waals surface area (Å²) in [6, 6.07) is 14.1. The summed E-state index contributed by atoms with van der Waals surface area (Å²) in [6.07, 6.45) is 2.75. The maximum absolute atomic E-state index is 14.2. The maximum atomic E-state index is 14.2. The Morgan fingerprint density at radius 1 is 0.852 bits per heavy atom. The number of rotatable bonds is 17. The number of morpholine rings is 1. The molecule has 1 fully saturated rings. The molecular formula is C41H60N6O7. The van der Waals surface area contributed by atoms with Crippen LogP contribution < -0.4 is 21.7 Å². The van der Waals surface area contributed by atoms with Crippen molar-refractivity contribution in [3.05, 3.63) is 71.3 Å². The predicted octanol–water partition coefficient (Wildman–Crippen LogP) is 3.12. The number of carbonyl (C=O) groups is 5. The third kappa shape index (κ3) is 13.1. The summed E-state index contributed by atoms with van der Waals surface area (Å²) in [7, 11) is 0. The summed E-state index contributed by atoms with van der Waals surface area (Å²) < 4.78 is 11.2. The topological polar surface area (TPSA) is 172 Å². The molecule has 13 nitrogen and oxygen atoms in total. The fraction of sp³-hybridized carbons (Fsp3) is 0.585. The Kier molecular flexibility index (Phi) is 15.9. The molecule has 0 radical (unpaired) electrons. The molecule has 1 unspecified atom stereocenters. The summed E-state index contributed by atoms with van der Waals surface area (Å²) >= 11 is 0. The average Bonchev–Trinajstić information content (AvgIpc) is 3.56. The second-order valence-corrected chi connectivity index (χ2v) is 15.7. The lowest BCUT2D eigenvalue weighted by Gasteiger charge is -2.32. The van der Waals surface area contributed by atoms with Gasteiger partial charge in [0.1, 0.15) is 30.3 Å². The van der Waals surface area contributed by atoms with Gasteiger partial charge in [0, 0.05) is 25.6 Å². The van der Waals surface area contributed by atoms with Gasteiger partial charge in [-0.25, -0.2) is 4.79 Å². The Bertz CT molecular complexity index is 1530. The van der Waals surface area contributed by atoms with Crippen molar-refractivity contribution in [2.45, 2.75) is 109 Å². The monoisotopic (exact) mass is 748 g/mol. The molecule has 4 rings (SSSR count). The van der Waals surface area contributed by atoms with E-state index in [1.54, 1.807) is 25.7 Å². The minimum absolute atomic E-state index is 0.0202. The van der Waals surface area contributed by atoms with Gasteiger partial charge in [-0.15, -0.1) is 0 Å². The zero-order chi connectivity index (χ0) is 39.3. The molecule has 2 aromatic carbocycles. The highest BCUT2D eigenvalue weighted by Gasteiger charge is 2.36. The Labute approximate surface area is 320 Å². The summed E-state index contributed by atoms with van der Waals surface area (Å²) in [5.41, 5.74) is 7.96. The Morgan fingerprint density at radius 2 is 1.44 bits per heavy atom. The van der Waals surface area contributed by atoms with Crippen LogP contribution in [0.4, 0.5) is 4.79 Å². The van der Waals surface area contributed by atoms with E-state index in [1.807, 2.05) is 68.4 Å². The minimum atomic E-state index is -1.07. The number of ether oxygens (including phenoxy) is 2. The molecule has 0 saturated carbocycles. The van der Waals surface area contributed by atoms with Crippen LogP contribution in [0.15, 0.2) is 54.6 Å². The average molecular weight is 749 g/mol. The van der Waals surface area contributed by atoms with Gasteiger partial charge in [-0.05, 0) is 88.4 Å². The van der Waals surface area contributed by atoms with E-state index >= 15 is 0 Å². The van der Waals surface area contributed by atoms with Crippen molar-refractivity contribution in [3.63, 3.8) is 0 Å². The quantitative estimate of drug-likeness (QED) is 0.179. The summed E-state index contributed by atoms with van der Waals surface area (Å²) in [6.45, 7) is 11.1. The van der Waals surface area contributed by atoms with E-state index in [2.05, 4.69) is 16.0 Å². The molecule has 54 heavy (non-hydrogen) atoms. The molecule has 0 spiro atoms. The van der Waals surface area contributed by atoms with Crippen molar-refractivity contribution in [2.24, 2.45) is 11.7 Å². The van der Waals surface area contributed by atoms with Gasteiger partial charge in [0.25, 0.3) is 0 Å². The second kappa shape index (κ2) is 20.3. The van der Waals surface area contributed by atoms with Crippen LogP contribution >= 0.6 is 0 Å². The number of carbonyl (C=O) groups excluding carboxylic acids is 5. The maximum Gasteiger partial charge on any atom is 0.411 e. The molecule has 1 aliphatic heterocycles. The highest BCUT2D eigenvalue weighted by Crippen LogP contribution is 2.27. The van der Waals surface area contributed by atoms with E-state index < -0.39 is 47.5 Å². The summed E-state index contributed by atoms with van der Waals surface area (Å²) in [4.78, 5) is 72.2. The van der Waals surface area contributed by atoms with E-state index in [0.717, 1.165) is 16.7 Å². The van der Waals surface area contributed by atoms with Crippen molar-refractivity contribution in [3.8, 4) is 0 Å². The zero-order valence-electron chi connectivity index (χ0n) is 32.6. The fourth-order valence-corrected chi connectivity index (χ4v) is 6.87. The van der Waals surface area contributed by atoms with E-state index in [4.69, 9.17) is 15.2 Å². The molecule has 2 aliphatic rings. The van der Waals surface area contributed by atoms with E-state index in [0.29, 0.717) is 71.4 Å². The predicted molar refractivity (Wildman–Crippen MR) is 206 cm³/mol. The van der Waals surface area contributed by atoms with Gasteiger partial charge in [-0.2, -0.15) is 0 Å². The van der Waals surface area contributed by atoms with Crippen LogP contribution in [0.25, 0.3) is 0 Å². The molecule has 1 aliphatic carbocycles. The molecule has 296 valence electrons. The number of amides is 5. The number of nitrogens with one attached hydrogen (secondary N) is 3. The first-order chi connectivity index (χ1) is 25.7. The molecule has 13 heteroatoms. The Morgan fingerprint density at radius 3 is 2.04 bits per heavy atom. The molecule has 0 aromatic heterocycles. The number of nitrogens with two attached hydrogens (primary N) is 1. The molecule has 2 aromatic rings. The highest BCUT2D eigenvalue weighted by atomic mass is 16.6. The van der Waals surface area contributed by atoms with Gasteiger partial charge in [0.05, 0.1) is 13.2 Å². The van der Waals surface area contributed by atoms with Crippen LogP contribution in [0.1, 0.15) is 77.0 Å². The van der Waals surface area contributed by atoms with Gasteiger partial charge in [0.2, 0.25) is 23.6 Å². The second-order valence-electron chi connectivity index (χ2n) is 15.7. The molecule has 1 saturated heterocycles. The number of fused-ring (bicyclic) bond motifs is 1. The van der Waals surface area contributed by atoms with Crippen LogP contribution in [0.2, 0.25) is 0 Å². The van der Waals surface area contributed by atoms with E-state index in [-0.39, 0.29) is 30.8 Å². The third-order valence-electron chi connectivity index (χ3n) is 9.57. The SMILES string of the molecule is CC(C)C[C@@H](NC(=O)[C@@H](Cc1ccccc1)NC(=O)CN(C(=O)OC(C)(C)C)C1Cc2ccccc2C1)C(=O)NC(CCCCN)C(=O)N1CCOCC1. The van der Waals surface area contributed by atoms with Gasteiger partial charge in [-0.3, -0.25) is 24.1 Å².